The SMILES string of the molecule is CC(C)C[C@@H](NC(=O)[C@@H](Cc1ccccc1)NC(=O)[C@H](N)Cc1ccccc1)C(=O)N[C@H](CCCCN)C(=O)N[C@@H]1CN[C@H](C(=O)O)C1. The number of rotatable bonds is 19. The molecule has 0 radical (unpaired) electrons. The quantitative estimate of drug-likeness (QED) is 0.0971. The van der Waals surface area contributed by atoms with E-state index >= 15 is 0 Å². The van der Waals surface area contributed by atoms with Crippen LogP contribution in [0.25, 0.3) is 0 Å². The molecule has 0 bridgehead atoms. The van der Waals surface area contributed by atoms with Gasteiger partial charge in [0.15, 0.2) is 0 Å². The molecule has 0 aliphatic carbocycles. The van der Waals surface area contributed by atoms with E-state index in [0.717, 1.165) is 11.1 Å². The normalized spacial score (nSPS) is 18.3. The van der Waals surface area contributed by atoms with Crippen LogP contribution < -0.4 is 38.1 Å². The van der Waals surface area contributed by atoms with Crippen molar-refractivity contribution in [2.24, 2.45) is 17.4 Å². The fraction of sp³-hybridized carbons (Fsp3) is 0.514. The van der Waals surface area contributed by atoms with Crippen LogP contribution in [0.1, 0.15) is 57.1 Å². The van der Waals surface area contributed by atoms with Crippen molar-refractivity contribution in [1.29, 1.82) is 0 Å². The number of carbonyl (C=O) groups excluding carboxylic acids is 4. The first-order valence-electron chi connectivity index (χ1n) is 16.7. The Kier molecular flexibility index (Phi) is 15.5. The lowest BCUT2D eigenvalue weighted by molar-refractivity contribution is -0.139. The third-order valence-corrected chi connectivity index (χ3v) is 8.25. The van der Waals surface area contributed by atoms with Crippen molar-refractivity contribution in [2.75, 3.05) is 13.1 Å². The van der Waals surface area contributed by atoms with Crippen molar-refractivity contribution in [3.05, 3.63) is 71.8 Å². The van der Waals surface area contributed by atoms with Gasteiger partial charge in [-0.2, -0.15) is 0 Å². The summed E-state index contributed by atoms with van der Waals surface area (Å²) in [6.45, 7) is 4.54. The van der Waals surface area contributed by atoms with Crippen LogP contribution in [-0.4, -0.2) is 84.0 Å². The molecule has 0 unspecified atom stereocenters. The van der Waals surface area contributed by atoms with Crippen LogP contribution in [0.3, 0.4) is 0 Å². The lowest BCUT2D eigenvalue weighted by Gasteiger charge is -2.27. The Morgan fingerprint density at radius 1 is 0.792 bits per heavy atom. The Morgan fingerprint density at radius 3 is 1.92 bits per heavy atom. The van der Waals surface area contributed by atoms with Crippen LogP contribution in [-0.2, 0) is 36.8 Å². The van der Waals surface area contributed by atoms with Crippen LogP contribution >= 0.6 is 0 Å². The number of unbranched alkanes of at least 4 members (excludes halogenated alkanes) is 1. The van der Waals surface area contributed by atoms with E-state index in [4.69, 9.17) is 11.5 Å². The highest BCUT2D eigenvalue weighted by molar-refractivity contribution is 5.95. The first-order valence-corrected chi connectivity index (χ1v) is 16.7. The van der Waals surface area contributed by atoms with Crippen molar-refractivity contribution >= 4 is 29.6 Å². The number of carboxylic acid groups (broad SMARTS) is 1. The monoisotopic (exact) mass is 665 g/mol. The molecule has 13 heteroatoms. The summed E-state index contributed by atoms with van der Waals surface area (Å²) in [5.41, 5.74) is 13.6. The van der Waals surface area contributed by atoms with Crippen LogP contribution in [0.2, 0.25) is 0 Å². The van der Waals surface area contributed by atoms with E-state index in [1.165, 1.54) is 0 Å². The summed E-state index contributed by atoms with van der Waals surface area (Å²) in [7, 11) is 0. The topological polar surface area (TPSA) is 218 Å². The lowest BCUT2D eigenvalue weighted by Crippen LogP contribution is -2.59. The number of hydrogen-bond donors (Lipinski definition) is 8. The molecule has 3 rings (SSSR count). The summed E-state index contributed by atoms with van der Waals surface area (Å²) in [5.74, 6) is -3.02. The molecule has 13 nitrogen and oxygen atoms in total. The Morgan fingerprint density at radius 2 is 1.35 bits per heavy atom. The predicted octanol–water partition coefficient (Wildman–Crippen LogP) is 0.360. The fourth-order valence-electron chi connectivity index (χ4n) is 5.64. The fourth-order valence-corrected chi connectivity index (χ4v) is 5.64. The molecule has 48 heavy (non-hydrogen) atoms. The first-order chi connectivity index (χ1) is 23.0. The minimum absolute atomic E-state index is 0.00420. The molecule has 2 aromatic rings. The third kappa shape index (κ3) is 12.7. The number of nitrogens with two attached hydrogens (primary N) is 2. The minimum Gasteiger partial charge on any atom is -0.480 e. The molecule has 1 saturated heterocycles. The molecule has 262 valence electrons. The Hall–Kier alpha value is -4.33. The Labute approximate surface area is 282 Å². The zero-order valence-electron chi connectivity index (χ0n) is 27.8. The van der Waals surface area contributed by atoms with Gasteiger partial charge in [-0.05, 0) is 62.1 Å². The average Bonchev–Trinajstić information content (AvgIpc) is 3.53. The highest BCUT2D eigenvalue weighted by Crippen LogP contribution is 2.12. The van der Waals surface area contributed by atoms with Gasteiger partial charge < -0.3 is 43.2 Å². The number of nitrogens with one attached hydrogen (secondary N) is 5. The molecule has 0 spiro atoms. The molecule has 2 aromatic carbocycles. The van der Waals surface area contributed by atoms with Gasteiger partial charge in [-0.15, -0.1) is 0 Å². The highest BCUT2D eigenvalue weighted by atomic mass is 16.4. The number of aliphatic carboxylic acids is 1. The molecule has 1 fully saturated rings. The number of hydrogen-bond acceptors (Lipinski definition) is 8. The van der Waals surface area contributed by atoms with E-state index in [1.54, 1.807) is 0 Å². The molecule has 0 saturated carbocycles. The van der Waals surface area contributed by atoms with Gasteiger partial charge in [0.1, 0.15) is 24.2 Å². The molecule has 1 aliphatic heterocycles. The molecular formula is C35H51N7O6. The van der Waals surface area contributed by atoms with Crippen LogP contribution in [0.5, 0.6) is 0 Å². The molecule has 1 heterocycles. The molecule has 6 atom stereocenters. The number of amides is 4. The second-order valence-electron chi connectivity index (χ2n) is 12.8. The summed E-state index contributed by atoms with van der Waals surface area (Å²) in [6, 6.07) is 13.5. The van der Waals surface area contributed by atoms with Gasteiger partial charge in [-0.25, -0.2) is 0 Å². The molecular weight excluding hydrogens is 614 g/mol. The van der Waals surface area contributed by atoms with E-state index < -0.39 is 65.8 Å². The molecule has 1 aliphatic rings. The van der Waals surface area contributed by atoms with E-state index in [0.29, 0.717) is 32.4 Å². The number of carboxylic acids is 1. The highest BCUT2D eigenvalue weighted by Gasteiger charge is 2.34. The number of carbonyl (C=O) groups is 5. The van der Waals surface area contributed by atoms with Crippen LogP contribution in [0.4, 0.5) is 0 Å². The molecule has 10 N–H and O–H groups in total. The van der Waals surface area contributed by atoms with Gasteiger partial charge in [0, 0.05) is 19.0 Å². The van der Waals surface area contributed by atoms with Crippen molar-refractivity contribution in [2.45, 2.75) is 95.0 Å². The van der Waals surface area contributed by atoms with Gasteiger partial charge >= 0.3 is 5.97 Å². The summed E-state index contributed by atoms with van der Waals surface area (Å²) in [5, 5.41) is 23.5. The summed E-state index contributed by atoms with van der Waals surface area (Å²) in [6.07, 6.45) is 2.48. The summed E-state index contributed by atoms with van der Waals surface area (Å²) < 4.78 is 0. The minimum atomic E-state index is -1.02. The van der Waals surface area contributed by atoms with Gasteiger partial charge in [-0.3, -0.25) is 24.0 Å². The maximum Gasteiger partial charge on any atom is 0.320 e. The van der Waals surface area contributed by atoms with E-state index in [1.807, 2.05) is 74.5 Å². The maximum atomic E-state index is 13.8. The Balaban J connectivity index is 1.74. The van der Waals surface area contributed by atoms with Crippen molar-refractivity contribution < 1.29 is 29.1 Å². The number of benzene rings is 2. The van der Waals surface area contributed by atoms with Crippen LogP contribution in [0, 0.1) is 5.92 Å². The maximum absolute atomic E-state index is 13.8. The van der Waals surface area contributed by atoms with Gasteiger partial charge in [0.2, 0.25) is 23.6 Å². The predicted molar refractivity (Wildman–Crippen MR) is 182 cm³/mol. The van der Waals surface area contributed by atoms with Crippen molar-refractivity contribution in [3.63, 3.8) is 0 Å². The summed E-state index contributed by atoms with van der Waals surface area (Å²) >= 11 is 0. The summed E-state index contributed by atoms with van der Waals surface area (Å²) in [4.78, 5) is 65.4. The van der Waals surface area contributed by atoms with Crippen molar-refractivity contribution in [3.8, 4) is 0 Å². The molecule has 0 aromatic heterocycles. The van der Waals surface area contributed by atoms with Crippen LogP contribution in [0.15, 0.2) is 60.7 Å². The molecule has 4 amide bonds. The zero-order chi connectivity index (χ0) is 35.1. The van der Waals surface area contributed by atoms with E-state index in [-0.39, 0.29) is 31.6 Å². The second-order valence-corrected chi connectivity index (χ2v) is 12.8. The lowest BCUT2D eigenvalue weighted by atomic mass is 9.99. The Bertz CT molecular complexity index is 1340. The van der Waals surface area contributed by atoms with Gasteiger partial charge in [0.25, 0.3) is 0 Å². The van der Waals surface area contributed by atoms with Crippen molar-refractivity contribution in [1.82, 2.24) is 26.6 Å². The van der Waals surface area contributed by atoms with E-state index in [9.17, 15) is 29.1 Å². The second kappa shape index (κ2) is 19.5. The first kappa shape index (κ1) is 38.1. The van der Waals surface area contributed by atoms with Gasteiger partial charge in [0.05, 0.1) is 6.04 Å². The van der Waals surface area contributed by atoms with E-state index in [2.05, 4.69) is 26.6 Å². The standard InChI is InChI=1S/C35H51N7O6/c1-22(2)17-28(33(45)40-27(15-9-10-16-36)32(44)39-25-20-30(35(47)48)38-21-25)42-34(46)29(19-24-13-7-4-8-14-24)41-31(43)26(37)18-23-11-5-3-6-12-23/h3-8,11-14,22,25-30,38H,9-10,15-21,36-37H2,1-2H3,(H,39,44)(H,40,45)(H,41,43)(H,42,46)(H,47,48)/t25-,26+,27+,28+,29+,30-/m0/s1. The zero-order valence-corrected chi connectivity index (χ0v) is 27.8. The smallest absolute Gasteiger partial charge is 0.320 e. The third-order valence-electron chi connectivity index (χ3n) is 8.25. The largest absolute Gasteiger partial charge is 0.480 e. The average molecular weight is 666 g/mol. The van der Waals surface area contributed by atoms with Gasteiger partial charge in [-0.1, -0.05) is 74.5 Å².